The van der Waals surface area contributed by atoms with Crippen LogP contribution in [0.15, 0.2) is 109 Å². The molecule has 276 valence electrons. The number of fused-ring (bicyclic) bond motifs is 2. The number of esters is 1. The lowest BCUT2D eigenvalue weighted by molar-refractivity contribution is -0.146. The molecule has 2 N–H and O–H groups in total. The molecule has 0 unspecified atom stereocenters. The fourth-order valence-electron chi connectivity index (χ4n) is 8.38. The molecule has 0 aliphatic carbocycles. The fourth-order valence-corrected chi connectivity index (χ4v) is 8.38. The molecule has 4 aliphatic rings. The molecule has 11 heteroatoms. The largest absolute Gasteiger partial charge is 0.463 e. The number of amides is 3. The van der Waals surface area contributed by atoms with Crippen LogP contribution >= 0.6 is 0 Å². The standard InChI is InChI=1S/C42H46N4O7/c1-3-44(4-2)30-19-21-31(22-20-30)45-25-13-7-12-18-35(48)52-27-32(28-14-8-5-9-15-28)43-39(49)36-34-23-24-42(53-34)37(36)40(50)46(38(42)41(45)51)33(26-47)29-16-10-6-11-17-29/h5-11,13-17,19-24,32-34,36-38,47H,3-4,12,18,25-27H2,1-2H3,(H,43,49)/b13-7-/t32-,33-,34-,36+,37+,38-,42+/m1/s1. The first-order valence-corrected chi connectivity index (χ1v) is 18.5. The Morgan fingerprint density at radius 1 is 0.906 bits per heavy atom. The van der Waals surface area contributed by atoms with Crippen LogP contribution in [0.3, 0.4) is 0 Å². The zero-order valence-electron chi connectivity index (χ0n) is 30.0. The van der Waals surface area contributed by atoms with Gasteiger partial charge in [-0.25, -0.2) is 0 Å². The highest BCUT2D eigenvalue weighted by Gasteiger charge is 2.74. The minimum absolute atomic E-state index is 0.0960. The van der Waals surface area contributed by atoms with E-state index in [0.29, 0.717) is 17.7 Å². The van der Waals surface area contributed by atoms with Gasteiger partial charge in [-0.1, -0.05) is 85.0 Å². The number of aliphatic hydroxyl groups is 1. The summed E-state index contributed by atoms with van der Waals surface area (Å²) in [5.74, 6) is -3.77. The molecule has 7 rings (SSSR count). The molecule has 4 heterocycles. The van der Waals surface area contributed by atoms with Crippen molar-refractivity contribution in [1.82, 2.24) is 10.2 Å². The van der Waals surface area contributed by atoms with Gasteiger partial charge >= 0.3 is 5.97 Å². The van der Waals surface area contributed by atoms with E-state index in [9.17, 15) is 19.5 Å². The Labute approximate surface area is 309 Å². The van der Waals surface area contributed by atoms with Gasteiger partial charge in [0.25, 0.3) is 5.91 Å². The summed E-state index contributed by atoms with van der Waals surface area (Å²) in [5, 5.41) is 14.0. The van der Waals surface area contributed by atoms with Crippen LogP contribution in [0.2, 0.25) is 0 Å². The minimum atomic E-state index is -1.48. The van der Waals surface area contributed by atoms with E-state index in [2.05, 4.69) is 24.1 Å². The molecule has 2 fully saturated rings. The number of allylic oxidation sites excluding steroid dienone is 1. The van der Waals surface area contributed by atoms with Crippen molar-refractivity contribution in [1.29, 1.82) is 0 Å². The predicted octanol–water partition coefficient (Wildman–Crippen LogP) is 4.50. The van der Waals surface area contributed by atoms with Gasteiger partial charge in [0.2, 0.25) is 11.8 Å². The van der Waals surface area contributed by atoms with E-state index in [1.807, 2.05) is 97.1 Å². The highest BCUT2D eigenvalue weighted by molar-refractivity contribution is 6.06. The fraction of sp³-hybridized carbons (Fsp3) is 0.381. The van der Waals surface area contributed by atoms with E-state index < -0.39 is 72.0 Å². The number of hydrogen-bond acceptors (Lipinski definition) is 8. The van der Waals surface area contributed by atoms with Gasteiger partial charge in [0.05, 0.1) is 36.6 Å². The quantitative estimate of drug-likeness (QED) is 0.258. The van der Waals surface area contributed by atoms with Crippen molar-refractivity contribution in [3.8, 4) is 0 Å². The van der Waals surface area contributed by atoms with Crippen molar-refractivity contribution >= 4 is 35.1 Å². The van der Waals surface area contributed by atoms with E-state index in [4.69, 9.17) is 9.47 Å². The Kier molecular flexibility index (Phi) is 10.5. The molecular formula is C42H46N4O7. The Bertz CT molecular complexity index is 1860. The third-order valence-electron chi connectivity index (χ3n) is 11.0. The molecule has 0 aromatic heterocycles. The number of carbonyl (C=O) groups excluding carboxylic acids is 4. The Morgan fingerprint density at radius 2 is 1.60 bits per heavy atom. The number of likely N-dealkylation sites (tertiary alicyclic amines) is 1. The second-order valence-electron chi connectivity index (χ2n) is 13.9. The molecule has 11 nitrogen and oxygen atoms in total. The summed E-state index contributed by atoms with van der Waals surface area (Å²) < 4.78 is 12.3. The van der Waals surface area contributed by atoms with Gasteiger partial charge in [0.15, 0.2) is 0 Å². The topological polar surface area (TPSA) is 129 Å². The molecule has 0 radical (unpaired) electrons. The molecule has 53 heavy (non-hydrogen) atoms. The lowest BCUT2D eigenvalue weighted by atomic mass is 9.74. The van der Waals surface area contributed by atoms with E-state index in [0.717, 1.165) is 24.3 Å². The average molecular weight is 719 g/mol. The van der Waals surface area contributed by atoms with Gasteiger partial charge in [-0.3, -0.25) is 19.2 Å². The van der Waals surface area contributed by atoms with Crippen LogP contribution < -0.4 is 15.1 Å². The second kappa shape index (κ2) is 15.4. The number of nitrogens with zero attached hydrogens (tertiary/aromatic N) is 3. The maximum Gasteiger partial charge on any atom is 0.306 e. The third-order valence-corrected chi connectivity index (χ3v) is 11.0. The van der Waals surface area contributed by atoms with E-state index in [1.54, 1.807) is 17.1 Å². The van der Waals surface area contributed by atoms with Gasteiger partial charge < -0.3 is 34.6 Å². The number of hydrogen-bond donors (Lipinski definition) is 2. The smallest absolute Gasteiger partial charge is 0.306 e. The lowest BCUT2D eigenvalue weighted by Crippen LogP contribution is -2.57. The molecule has 3 amide bonds. The maximum absolute atomic E-state index is 15.3. The van der Waals surface area contributed by atoms with Crippen LogP contribution in [0.4, 0.5) is 11.4 Å². The monoisotopic (exact) mass is 718 g/mol. The molecule has 7 atom stereocenters. The first kappa shape index (κ1) is 36.1. The van der Waals surface area contributed by atoms with Gasteiger partial charge in [-0.2, -0.15) is 0 Å². The zero-order valence-corrected chi connectivity index (χ0v) is 30.0. The number of cyclic esters (lactones) is 1. The Morgan fingerprint density at radius 3 is 2.28 bits per heavy atom. The predicted molar refractivity (Wildman–Crippen MR) is 200 cm³/mol. The van der Waals surface area contributed by atoms with Crippen molar-refractivity contribution in [2.24, 2.45) is 11.8 Å². The molecule has 3 aromatic rings. The summed E-state index contributed by atoms with van der Waals surface area (Å²) >= 11 is 0. The van der Waals surface area contributed by atoms with Gasteiger partial charge in [-0.15, -0.1) is 0 Å². The average Bonchev–Trinajstić information content (AvgIpc) is 3.83. The van der Waals surface area contributed by atoms with Crippen molar-refractivity contribution < 1.29 is 33.8 Å². The molecule has 3 aromatic carbocycles. The van der Waals surface area contributed by atoms with Crippen LogP contribution in [-0.2, 0) is 28.7 Å². The normalized spacial score (nSPS) is 28.4. The summed E-state index contributed by atoms with van der Waals surface area (Å²) in [4.78, 5) is 62.9. The van der Waals surface area contributed by atoms with Crippen molar-refractivity contribution in [2.45, 2.75) is 56.5 Å². The molecule has 4 aliphatic heterocycles. The lowest BCUT2D eigenvalue weighted by Gasteiger charge is -2.39. The third kappa shape index (κ3) is 6.64. The highest BCUT2D eigenvalue weighted by atomic mass is 16.5. The summed E-state index contributed by atoms with van der Waals surface area (Å²) in [6, 6.07) is 23.3. The number of rotatable bonds is 8. The SMILES string of the molecule is CCN(CC)c1ccc(N2C/C=C\CCC(=O)OC[C@H](c3ccccc3)NC(=O)[C@@H]3[C@H]4C(=O)N([C@H](CO)c5ccccc5)[C@H](C2=O)[C@]42C=C[C@H]3O2)cc1. The zero-order chi connectivity index (χ0) is 37.1. The highest BCUT2D eigenvalue weighted by Crippen LogP contribution is 2.57. The summed E-state index contributed by atoms with van der Waals surface area (Å²) in [7, 11) is 0. The van der Waals surface area contributed by atoms with Gasteiger partial charge in [-0.05, 0) is 55.7 Å². The number of carbonyl (C=O) groups is 4. The number of anilines is 2. The van der Waals surface area contributed by atoms with Crippen LogP contribution in [0.1, 0.15) is 49.9 Å². The number of benzene rings is 3. The molecule has 2 saturated heterocycles. The van der Waals surface area contributed by atoms with Gasteiger partial charge in [0, 0.05) is 37.4 Å². The van der Waals surface area contributed by atoms with Crippen LogP contribution in [0.5, 0.6) is 0 Å². The van der Waals surface area contributed by atoms with Crippen LogP contribution in [0, 0.1) is 11.8 Å². The number of ether oxygens (including phenoxy) is 2. The van der Waals surface area contributed by atoms with E-state index >= 15 is 4.79 Å². The Hall–Kier alpha value is -5.26. The molecule has 0 saturated carbocycles. The number of aliphatic hydroxyl groups excluding tert-OH is 1. The molecule has 5 bridgehead atoms. The first-order chi connectivity index (χ1) is 25.8. The summed E-state index contributed by atoms with van der Waals surface area (Å²) in [6.45, 7) is 5.40. The van der Waals surface area contributed by atoms with Crippen molar-refractivity contribution in [3.05, 3.63) is 120 Å². The Balaban J connectivity index is 1.34. The van der Waals surface area contributed by atoms with Crippen molar-refractivity contribution in [2.75, 3.05) is 42.6 Å². The van der Waals surface area contributed by atoms with E-state index in [1.165, 1.54) is 4.90 Å². The second-order valence-corrected chi connectivity index (χ2v) is 13.9. The minimum Gasteiger partial charge on any atom is -0.463 e. The maximum atomic E-state index is 15.3. The summed E-state index contributed by atoms with van der Waals surface area (Å²) in [5.41, 5.74) is 1.53. The summed E-state index contributed by atoms with van der Waals surface area (Å²) in [6.07, 6.45) is 6.93. The first-order valence-electron chi connectivity index (χ1n) is 18.5. The van der Waals surface area contributed by atoms with E-state index in [-0.39, 0.29) is 19.6 Å². The van der Waals surface area contributed by atoms with Crippen LogP contribution in [-0.4, -0.2) is 84.3 Å². The molecular weight excluding hydrogens is 672 g/mol. The van der Waals surface area contributed by atoms with Gasteiger partial charge in [0.1, 0.15) is 18.2 Å². The molecule has 1 spiro atoms. The number of nitrogens with one attached hydrogen (secondary N) is 1. The van der Waals surface area contributed by atoms with Crippen LogP contribution in [0.25, 0.3) is 0 Å². The van der Waals surface area contributed by atoms with Crippen molar-refractivity contribution in [3.63, 3.8) is 0 Å².